The van der Waals surface area contributed by atoms with E-state index in [0.717, 1.165) is 66.4 Å². The van der Waals surface area contributed by atoms with E-state index in [-0.39, 0.29) is 5.91 Å². The number of nitrogens with one attached hydrogen (secondary N) is 3. The number of benzene rings is 1. The Kier molecular flexibility index (Phi) is 4.80. The molecule has 33 heavy (non-hydrogen) atoms. The second-order valence-corrected chi connectivity index (χ2v) is 8.82. The van der Waals surface area contributed by atoms with E-state index in [2.05, 4.69) is 62.8 Å². The molecule has 0 spiro atoms. The van der Waals surface area contributed by atoms with Crippen molar-refractivity contribution < 1.29 is 4.79 Å². The van der Waals surface area contributed by atoms with Gasteiger partial charge in [0.05, 0.1) is 0 Å². The molecule has 0 saturated carbocycles. The lowest BCUT2D eigenvalue weighted by molar-refractivity contribution is 0.0928. The molecule has 8 heteroatoms. The van der Waals surface area contributed by atoms with E-state index in [1.807, 2.05) is 29.1 Å². The molecule has 0 radical (unpaired) electrons. The van der Waals surface area contributed by atoms with Crippen LogP contribution in [0.4, 0.5) is 17.2 Å². The normalized spacial score (nSPS) is 16.6. The average molecular weight is 442 g/mol. The molecule has 8 nitrogen and oxygen atoms in total. The first-order chi connectivity index (χ1) is 16.1. The van der Waals surface area contributed by atoms with Gasteiger partial charge in [-0.3, -0.25) is 4.79 Å². The third-order valence-electron chi connectivity index (χ3n) is 6.60. The summed E-state index contributed by atoms with van der Waals surface area (Å²) < 4.78 is 2.02. The zero-order valence-electron chi connectivity index (χ0n) is 18.6. The van der Waals surface area contributed by atoms with E-state index < -0.39 is 0 Å². The molecule has 0 bridgehead atoms. The van der Waals surface area contributed by atoms with Crippen LogP contribution in [0.2, 0.25) is 0 Å². The maximum Gasteiger partial charge on any atom is 0.267 e. The van der Waals surface area contributed by atoms with Crippen LogP contribution in [0.5, 0.6) is 0 Å². The smallest absolute Gasteiger partial charge is 0.267 e. The van der Waals surface area contributed by atoms with Crippen LogP contribution in [0.3, 0.4) is 0 Å². The van der Waals surface area contributed by atoms with Crippen molar-refractivity contribution >= 4 is 34.1 Å². The molecule has 1 amide bonds. The topological polar surface area (TPSA) is 81.2 Å². The fourth-order valence-electron chi connectivity index (χ4n) is 4.72. The van der Waals surface area contributed by atoms with E-state index in [9.17, 15) is 4.79 Å². The first-order valence-corrected chi connectivity index (χ1v) is 11.4. The van der Waals surface area contributed by atoms with Crippen LogP contribution in [0.15, 0.2) is 54.9 Å². The number of H-pyrrole nitrogens is 1. The van der Waals surface area contributed by atoms with Gasteiger partial charge in [-0.1, -0.05) is 6.07 Å². The van der Waals surface area contributed by atoms with Crippen LogP contribution in [0.1, 0.15) is 10.5 Å². The molecule has 0 atom stereocenters. The number of piperazine rings is 1. The fraction of sp³-hybridized carbons (Fsp3) is 0.280. The highest BCUT2D eigenvalue weighted by Crippen LogP contribution is 2.31. The predicted octanol–water partition coefficient (Wildman–Crippen LogP) is 3.27. The molecule has 0 aliphatic carbocycles. The molecule has 1 aromatic carbocycles. The molecule has 5 heterocycles. The number of pyridine rings is 1. The molecule has 3 N–H and O–H groups in total. The highest BCUT2D eigenvalue weighted by atomic mass is 16.2. The third-order valence-corrected chi connectivity index (χ3v) is 6.60. The average Bonchev–Trinajstić information content (AvgIpc) is 3.44. The van der Waals surface area contributed by atoms with Crippen molar-refractivity contribution in [2.24, 2.45) is 0 Å². The zero-order chi connectivity index (χ0) is 22.4. The Morgan fingerprint density at radius 3 is 2.76 bits per heavy atom. The summed E-state index contributed by atoms with van der Waals surface area (Å²) in [7, 11) is 2.17. The van der Waals surface area contributed by atoms with Gasteiger partial charge in [-0.15, -0.1) is 0 Å². The van der Waals surface area contributed by atoms with Crippen molar-refractivity contribution in [2.75, 3.05) is 50.0 Å². The Labute approximate surface area is 192 Å². The van der Waals surface area contributed by atoms with Crippen LogP contribution >= 0.6 is 0 Å². The minimum Gasteiger partial charge on any atom is -0.369 e. The maximum absolute atomic E-state index is 12.1. The number of carbonyl (C=O) groups is 1. The monoisotopic (exact) mass is 441 g/mol. The van der Waals surface area contributed by atoms with Crippen LogP contribution in [0, 0.1) is 0 Å². The Balaban J connectivity index is 1.24. The molecule has 168 valence electrons. The zero-order valence-corrected chi connectivity index (χ0v) is 18.6. The summed E-state index contributed by atoms with van der Waals surface area (Å²) >= 11 is 0. The number of anilines is 3. The highest BCUT2D eigenvalue weighted by Gasteiger charge is 2.20. The van der Waals surface area contributed by atoms with Crippen molar-refractivity contribution in [3.63, 3.8) is 0 Å². The fourth-order valence-corrected chi connectivity index (χ4v) is 4.72. The van der Waals surface area contributed by atoms with Gasteiger partial charge in [0.2, 0.25) is 0 Å². The Hall–Kier alpha value is -3.78. The summed E-state index contributed by atoms with van der Waals surface area (Å²) in [5.41, 5.74) is 5.86. The summed E-state index contributed by atoms with van der Waals surface area (Å²) in [5.74, 6) is 0.776. The number of hydrogen-bond donors (Lipinski definition) is 3. The predicted molar refractivity (Wildman–Crippen MR) is 131 cm³/mol. The standard InChI is InChI=1S/C25H27N7O/c1-30-9-11-31(12-10-30)19-4-2-3-18(14-19)28-23-6-5-20-21(15-27-24(20)29-23)17-13-22-25(33)26-7-8-32(22)16-17/h2-6,13-16H,7-12H2,1H3,(H,26,33)(H2,27,28,29). The third kappa shape index (κ3) is 3.72. The molecule has 2 aliphatic heterocycles. The lowest BCUT2D eigenvalue weighted by Crippen LogP contribution is -2.44. The van der Waals surface area contributed by atoms with E-state index in [4.69, 9.17) is 4.98 Å². The summed E-state index contributed by atoms with van der Waals surface area (Å²) in [4.78, 5) is 25.0. The first-order valence-electron chi connectivity index (χ1n) is 11.4. The van der Waals surface area contributed by atoms with Gasteiger partial charge in [0.1, 0.15) is 17.2 Å². The second-order valence-electron chi connectivity index (χ2n) is 8.82. The van der Waals surface area contributed by atoms with E-state index in [1.54, 1.807) is 0 Å². The van der Waals surface area contributed by atoms with E-state index in [0.29, 0.717) is 12.2 Å². The summed E-state index contributed by atoms with van der Waals surface area (Å²) in [6.07, 6.45) is 4.02. The number of aromatic amines is 1. The van der Waals surface area contributed by atoms with Crippen molar-refractivity contribution in [3.8, 4) is 11.1 Å². The molecule has 2 aliphatic rings. The highest BCUT2D eigenvalue weighted by molar-refractivity contribution is 5.98. The number of amides is 1. The summed E-state index contributed by atoms with van der Waals surface area (Å²) in [6, 6.07) is 14.6. The minimum atomic E-state index is -0.0178. The minimum absolute atomic E-state index is 0.0178. The van der Waals surface area contributed by atoms with Crippen LogP contribution < -0.4 is 15.5 Å². The number of nitrogens with zero attached hydrogens (tertiary/aromatic N) is 4. The molecule has 4 aromatic rings. The lowest BCUT2D eigenvalue weighted by atomic mass is 10.1. The number of hydrogen-bond acceptors (Lipinski definition) is 5. The van der Waals surface area contributed by atoms with Gasteiger partial charge >= 0.3 is 0 Å². The number of aromatic nitrogens is 3. The molecular weight excluding hydrogens is 414 g/mol. The Morgan fingerprint density at radius 2 is 1.91 bits per heavy atom. The van der Waals surface area contributed by atoms with Gasteiger partial charge in [-0.05, 0) is 43.4 Å². The molecular formula is C25H27N7O. The van der Waals surface area contributed by atoms with Gasteiger partial charge in [0, 0.05) is 79.6 Å². The maximum atomic E-state index is 12.1. The van der Waals surface area contributed by atoms with Crippen LogP contribution in [-0.4, -0.2) is 65.1 Å². The number of likely N-dealkylation sites (N-methyl/N-ethyl adjacent to an activating group) is 1. The van der Waals surface area contributed by atoms with E-state index >= 15 is 0 Å². The van der Waals surface area contributed by atoms with Gasteiger partial charge in [0.15, 0.2) is 0 Å². The van der Waals surface area contributed by atoms with Crippen LogP contribution in [0.25, 0.3) is 22.2 Å². The second kappa shape index (κ2) is 7.97. The molecule has 1 saturated heterocycles. The number of fused-ring (bicyclic) bond motifs is 2. The first kappa shape index (κ1) is 19.9. The molecule has 3 aromatic heterocycles. The van der Waals surface area contributed by atoms with E-state index in [1.165, 1.54) is 5.69 Å². The molecule has 6 rings (SSSR count). The van der Waals surface area contributed by atoms with Crippen molar-refractivity contribution in [1.29, 1.82) is 0 Å². The lowest BCUT2D eigenvalue weighted by Gasteiger charge is -2.34. The quantitative estimate of drug-likeness (QED) is 0.453. The Morgan fingerprint density at radius 1 is 1.03 bits per heavy atom. The summed E-state index contributed by atoms with van der Waals surface area (Å²) in [6.45, 7) is 5.71. The number of carbonyl (C=O) groups excluding carboxylic acids is 1. The summed E-state index contributed by atoms with van der Waals surface area (Å²) in [5, 5.41) is 7.39. The van der Waals surface area contributed by atoms with Gasteiger partial charge < -0.3 is 30.0 Å². The molecule has 0 unspecified atom stereocenters. The van der Waals surface area contributed by atoms with Crippen molar-refractivity contribution in [2.45, 2.75) is 6.54 Å². The Bertz CT molecular complexity index is 1330. The van der Waals surface area contributed by atoms with Crippen molar-refractivity contribution in [1.82, 2.24) is 24.8 Å². The van der Waals surface area contributed by atoms with Crippen molar-refractivity contribution in [3.05, 3.63) is 60.6 Å². The molecule has 1 fully saturated rings. The number of rotatable bonds is 4. The SMILES string of the molecule is CN1CCN(c2cccc(Nc3ccc4c(-c5cc6n(c5)CCNC6=O)c[nH]c4n3)c2)CC1. The largest absolute Gasteiger partial charge is 0.369 e. The van der Waals surface area contributed by atoms with Crippen LogP contribution in [-0.2, 0) is 6.54 Å². The van der Waals surface area contributed by atoms with Gasteiger partial charge in [-0.2, -0.15) is 0 Å². The van der Waals surface area contributed by atoms with Gasteiger partial charge in [0.25, 0.3) is 5.91 Å². The van der Waals surface area contributed by atoms with Gasteiger partial charge in [-0.25, -0.2) is 4.98 Å².